The van der Waals surface area contributed by atoms with E-state index in [2.05, 4.69) is 37.2 Å². The van der Waals surface area contributed by atoms with Gasteiger partial charge in [0.25, 0.3) is 0 Å². The molecule has 17 heavy (non-hydrogen) atoms. The lowest BCUT2D eigenvalue weighted by molar-refractivity contribution is 1.51. The summed E-state index contributed by atoms with van der Waals surface area (Å²) in [5, 5.41) is 3.26. The third kappa shape index (κ3) is 2.92. The summed E-state index contributed by atoms with van der Waals surface area (Å²) in [6, 6.07) is 11.4. The van der Waals surface area contributed by atoms with Crippen molar-refractivity contribution >= 4 is 54.6 Å². The Morgan fingerprint density at radius 2 is 1.65 bits per heavy atom. The second-order valence-electron chi connectivity index (χ2n) is 3.59. The lowest BCUT2D eigenvalue weighted by atomic mass is 10.2. The summed E-state index contributed by atoms with van der Waals surface area (Å²) in [5.74, 6) is 0. The summed E-state index contributed by atoms with van der Waals surface area (Å²) in [4.78, 5) is 0. The number of hydrogen-bond donors (Lipinski definition) is 3. The number of benzene rings is 2. The molecule has 5 heteroatoms. The van der Waals surface area contributed by atoms with E-state index in [4.69, 9.17) is 11.5 Å². The third-order valence-electron chi connectivity index (χ3n) is 2.30. The van der Waals surface area contributed by atoms with Crippen LogP contribution in [0.3, 0.4) is 0 Å². The summed E-state index contributed by atoms with van der Waals surface area (Å²) in [7, 11) is 0. The maximum absolute atomic E-state index is 5.75. The number of nitrogen functional groups attached to an aromatic ring is 2. The fourth-order valence-electron chi connectivity index (χ4n) is 1.40. The molecule has 2 aromatic rings. The first-order valence-corrected chi connectivity index (χ1v) is 6.52. The van der Waals surface area contributed by atoms with Gasteiger partial charge in [-0.05, 0) is 52.3 Å². The van der Waals surface area contributed by atoms with E-state index in [0.29, 0.717) is 11.4 Å². The summed E-state index contributed by atoms with van der Waals surface area (Å²) in [6.45, 7) is 0. The SMILES string of the molecule is Nc1ccc(Nc2ccc(Br)cc2Br)cc1N. The van der Waals surface area contributed by atoms with Gasteiger partial charge in [0, 0.05) is 14.6 Å². The van der Waals surface area contributed by atoms with Crippen LogP contribution in [0.1, 0.15) is 0 Å². The minimum absolute atomic E-state index is 0.572. The van der Waals surface area contributed by atoms with Gasteiger partial charge in [0.05, 0.1) is 17.1 Å². The molecule has 0 unspecified atom stereocenters. The van der Waals surface area contributed by atoms with E-state index in [1.54, 1.807) is 6.07 Å². The lowest BCUT2D eigenvalue weighted by Crippen LogP contribution is -1.97. The van der Waals surface area contributed by atoms with Gasteiger partial charge in [0.15, 0.2) is 0 Å². The van der Waals surface area contributed by atoms with Gasteiger partial charge in [-0.3, -0.25) is 0 Å². The summed E-state index contributed by atoms with van der Waals surface area (Å²) in [6.07, 6.45) is 0. The minimum atomic E-state index is 0.572. The Bertz CT molecular complexity index is 555. The maximum Gasteiger partial charge on any atom is 0.0568 e. The lowest BCUT2D eigenvalue weighted by Gasteiger charge is -2.10. The predicted octanol–water partition coefficient (Wildman–Crippen LogP) is 4.12. The zero-order valence-electron chi connectivity index (χ0n) is 8.87. The molecule has 0 bridgehead atoms. The van der Waals surface area contributed by atoms with Crippen molar-refractivity contribution in [2.45, 2.75) is 0 Å². The van der Waals surface area contributed by atoms with Crippen LogP contribution in [0.4, 0.5) is 22.7 Å². The van der Waals surface area contributed by atoms with Crippen LogP contribution in [-0.4, -0.2) is 0 Å². The van der Waals surface area contributed by atoms with Crippen molar-refractivity contribution in [2.75, 3.05) is 16.8 Å². The Morgan fingerprint density at radius 3 is 2.29 bits per heavy atom. The Morgan fingerprint density at radius 1 is 0.882 bits per heavy atom. The number of nitrogens with two attached hydrogens (primary N) is 2. The molecule has 0 fully saturated rings. The molecule has 0 aliphatic heterocycles. The first-order chi connectivity index (χ1) is 8.06. The Kier molecular flexibility index (Phi) is 3.59. The molecule has 2 aromatic carbocycles. The summed E-state index contributed by atoms with van der Waals surface area (Å²) < 4.78 is 1.99. The van der Waals surface area contributed by atoms with Gasteiger partial charge >= 0.3 is 0 Å². The van der Waals surface area contributed by atoms with Gasteiger partial charge in [0.1, 0.15) is 0 Å². The van der Waals surface area contributed by atoms with E-state index in [-0.39, 0.29) is 0 Å². The smallest absolute Gasteiger partial charge is 0.0568 e. The molecule has 0 amide bonds. The van der Waals surface area contributed by atoms with Crippen molar-refractivity contribution in [3.8, 4) is 0 Å². The first kappa shape index (κ1) is 12.3. The Hall–Kier alpha value is -1.20. The molecule has 0 aromatic heterocycles. The normalized spacial score (nSPS) is 10.2. The van der Waals surface area contributed by atoms with Crippen molar-refractivity contribution < 1.29 is 0 Å². The highest BCUT2D eigenvalue weighted by Gasteiger charge is 2.02. The molecule has 2 rings (SSSR count). The van der Waals surface area contributed by atoms with Crippen LogP contribution in [0.5, 0.6) is 0 Å². The van der Waals surface area contributed by atoms with E-state index in [1.807, 2.05) is 30.3 Å². The fourth-order valence-corrected chi connectivity index (χ4v) is 2.55. The van der Waals surface area contributed by atoms with E-state index in [0.717, 1.165) is 20.3 Å². The summed E-state index contributed by atoms with van der Waals surface area (Å²) in [5.41, 5.74) is 14.4. The Balaban J connectivity index is 2.28. The molecule has 0 aliphatic carbocycles. The number of anilines is 4. The molecule has 5 N–H and O–H groups in total. The standard InChI is InChI=1S/C12H11Br2N3/c13-7-1-4-12(9(14)5-7)17-8-2-3-10(15)11(16)6-8/h1-6,17H,15-16H2. The quantitative estimate of drug-likeness (QED) is 0.709. The number of halogens is 2. The highest BCUT2D eigenvalue weighted by Crippen LogP contribution is 2.30. The van der Waals surface area contributed by atoms with Gasteiger partial charge < -0.3 is 16.8 Å². The second-order valence-corrected chi connectivity index (χ2v) is 5.36. The highest BCUT2D eigenvalue weighted by atomic mass is 79.9. The van der Waals surface area contributed by atoms with Gasteiger partial charge in [-0.25, -0.2) is 0 Å². The fraction of sp³-hybridized carbons (Fsp3) is 0. The van der Waals surface area contributed by atoms with E-state index in [9.17, 15) is 0 Å². The van der Waals surface area contributed by atoms with Crippen LogP contribution < -0.4 is 16.8 Å². The number of rotatable bonds is 2. The van der Waals surface area contributed by atoms with Crippen LogP contribution >= 0.6 is 31.9 Å². The van der Waals surface area contributed by atoms with Crippen LogP contribution in [-0.2, 0) is 0 Å². The van der Waals surface area contributed by atoms with Crippen molar-refractivity contribution in [2.24, 2.45) is 0 Å². The van der Waals surface area contributed by atoms with Gasteiger partial charge in [0.2, 0.25) is 0 Å². The Labute approximate surface area is 116 Å². The maximum atomic E-state index is 5.75. The van der Waals surface area contributed by atoms with Crippen molar-refractivity contribution in [1.29, 1.82) is 0 Å². The average molecular weight is 357 g/mol. The number of nitrogens with one attached hydrogen (secondary N) is 1. The van der Waals surface area contributed by atoms with Crippen molar-refractivity contribution in [1.82, 2.24) is 0 Å². The van der Waals surface area contributed by atoms with Crippen molar-refractivity contribution in [3.63, 3.8) is 0 Å². The summed E-state index contributed by atoms with van der Waals surface area (Å²) >= 11 is 6.90. The molecule has 0 saturated heterocycles. The van der Waals surface area contributed by atoms with Crippen LogP contribution in [0.2, 0.25) is 0 Å². The molecule has 0 radical (unpaired) electrons. The molecule has 0 heterocycles. The van der Waals surface area contributed by atoms with E-state index >= 15 is 0 Å². The largest absolute Gasteiger partial charge is 0.397 e. The second kappa shape index (κ2) is 4.98. The molecule has 0 aliphatic rings. The van der Waals surface area contributed by atoms with E-state index in [1.165, 1.54) is 0 Å². The predicted molar refractivity (Wildman–Crippen MR) is 80.4 cm³/mol. The number of hydrogen-bond acceptors (Lipinski definition) is 3. The van der Waals surface area contributed by atoms with Gasteiger partial charge in [-0.1, -0.05) is 15.9 Å². The highest BCUT2D eigenvalue weighted by molar-refractivity contribution is 9.11. The zero-order valence-corrected chi connectivity index (χ0v) is 12.0. The first-order valence-electron chi connectivity index (χ1n) is 4.93. The van der Waals surface area contributed by atoms with Crippen LogP contribution in [0, 0.1) is 0 Å². The van der Waals surface area contributed by atoms with Crippen LogP contribution in [0.25, 0.3) is 0 Å². The molecular weight excluding hydrogens is 346 g/mol. The van der Waals surface area contributed by atoms with Crippen molar-refractivity contribution in [3.05, 3.63) is 45.3 Å². The molecule has 88 valence electrons. The third-order valence-corrected chi connectivity index (χ3v) is 3.45. The monoisotopic (exact) mass is 355 g/mol. The molecule has 3 nitrogen and oxygen atoms in total. The zero-order chi connectivity index (χ0) is 12.4. The van der Waals surface area contributed by atoms with Crippen LogP contribution in [0.15, 0.2) is 45.3 Å². The topological polar surface area (TPSA) is 64.1 Å². The van der Waals surface area contributed by atoms with Gasteiger partial charge in [-0.15, -0.1) is 0 Å². The average Bonchev–Trinajstić information content (AvgIpc) is 2.27. The molecule has 0 atom stereocenters. The molecule has 0 spiro atoms. The van der Waals surface area contributed by atoms with E-state index < -0.39 is 0 Å². The van der Waals surface area contributed by atoms with Gasteiger partial charge in [-0.2, -0.15) is 0 Å². The minimum Gasteiger partial charge on any atom is -0.397 e. The molecule has 0 saturated carbocycles. The molecular formula is C12H11Br2N3.